The quantitative estimate of drug-likeness (QED) is 0.539. The average molecular weight is 229 g/mol. The second-order valence-corrected chi connectivity index (χ2v) is 3.39. The second-order valence-electron chi connectivity index (χ2n) is 3.39. The lowest BCUT2D eigenvalue weighted by Crippen LogP contribution is -2.26. The monoisotopic (exact) mass is 229 g/mol. The first kappa shape index (κ1) is 10.7. The van der Waals surface area contributed by atoms with E-state index in [1.165, 1.54) is 0 Å². The number of anilines is 1. The van der Waals surface area contributed by atoms with E-state index < -0.39 is 29.0 Å². The molecule has 0 N–H and O–H groups in total. The number of rotatable bonds is 1. The van der Waals surface area contributed by atoms with Crippen molar-refractivity contribution in [2.75, 3.05) is 11.4 Å². The highest BCUT2D eigenvalue weighted by Gasteiger charge is 2.31. The Labute approximate surface area is 88.5 Å². The van der Waals surface area contributed by atoms with E-state index >= 15 is 0 Å². The number of Topliss-reactive ketones (excluding diaryl/α,β-unsaturated/α-hetero) is 1. The largest absolute Gasteiger partial charge is 0.302 e. The first-order chi connectivity index (χ1) is 7.50. The molecule has 0 unspecified atom stereocenters. The van der Waals surface area contributed by atoms with Gasteiger partial charge in [-0.2, -0.15) is 0 Å². The number of amides is 1. The number of hydrogen-bond donors (Lipinski definition) is 0. The van der Waals surface area contributed by atoms with E-state index in [1.54, 1.807) is 0 Å². The molecule has 0 bridgehead atoms. The maximum atomic E-state index is 13.3. The van der Waals surface area contributed by atoms with E-state index in [0.717, 1.165) is 11.0 Å². The molecule has 1 aromatic rings. The minimum absolute atomic E-state index is 0.305. The van der Waals surface area contributed by atoms with Crippen LogP contribution in [0.2, 0.25) is 0 Å². The standard InChI is InChI=1S/C10H6F3NO2/c11-6-1-2-7(10(13)9(6)12)14-4-5(15)3-8(14)16/h1-2H,3-4H2. The van der Waals surface area contributed by atoms with Gasteiger partial charge in [-0.25, -0.2) is 13.2 Å². The molecule has 6 heteroatoms. The summed E-state index contributed by atoms with van der Waals surface area (Å²) in [7, 11) is 0. The third kappa shape index (κ3) is 1.56. The van der Waals surface area contributed by atoms with Crippen LogP contribution in [0.5, 0.6) is 0 Å². The molecule has 1 amide bonds. The summed E-state index contributed by atoms with van der Waals surface area (Å²) in [5.74, 6) is -5.43. The highest BCUT2D eigenvalue weighted by molar-refractivity contribution is 6.15. The van der Waals surface area contributed by atoms with Crippen LogP contribution in [0.3, 0.4) is 0 Å². The summed E-state index contributed by atoms with van der Waals surface area (Å²) in [6.45, 7) is -0.305. The van der Waals surface area contributed by atoms with Crippen LogP contribution in [0.4, 0.5) is 18.9 Å². The van der Waals surface area contributed by atoms with Crippen molar-refractivity contribution >= 4 is 17.4 Å². The zero-order chi connectivity index (χ0) is 11.9. The lowest BCUT2D eigenvalue weighted by Gasteiger charge is -2.15. The molecule has 0 atom stereocenters. The summed E-state index contributed by atoms with van der Waals surface area (Å²) >= 11 is 0. The van der Waals surface area contributed by atoms with Gasteiger partial charge in [-0.3, -0.25) is 9.59 Å². The summed E-state index contributed by atoms with van der Waals surface area (Å²) in [6, 6.07) is 1.65. The van der Waals surface area contributed by atoms with Gasteiger partial charge in [0.05, 0.1) is 18.7 Å². The summed E-state index contributed by atoms with van der Waals surface area (Å²) < 4.78 is 38.8. The predicted molar refractivity (Wildman–Crippen MR) is 48.3 cm³/mol. The van der Waals surface area contributed by atoms with E-state index in [4.69, 9.17) is 0 Å². The maximum absolute atomic E-state index is 13.3. The fourth-order valence-corrected chi connectivity index (χ4v) is 1.53. The van der Waals surface area contributed by atoms with Crippen molar-refractivity contribution in [3.8, 4) is 0 Å². The molecule has 0 spiro atoms. The zero-order valence-corrected chi connectivity index (χ0v) is 7.97. The maximum Gasteiger partial charge on any atom is 0.235 e. The smallest absolute Gasteiger partial charge is 0.235 e. The summed E-state index contributed by atoms with van der Waals surface area (Å²) in [5, 5.41) is 0. The Morgan fingerprint density at radius 2 is 1.75 bits per heavy atom. The van der Waals surface area contributed by atoms with Gasteiger partial charge in [0.2, 0.25) is 5.91 Å². The Bertz CT molecular complexity index is 487. The molecule has 1 fully saturated rings. The molecule has 16 heavy (non-hydrogen) atoms. The lowest BCUT2D eigenvalue weighted by atomic mass is 10.2. The Kier molecular flexibility index (Phi) is 2.41. The molecular formula is C10H6F3NO2. The van der Waals surface area contributed by atoms with E-state index in [1.807, 2.05) is 0 Å². The van der Waals surface area contributed by atoms with Crippen LogP contribution in [0.1, 0.15) is 6.42 Å². The van der Waals surface area contributed by atoms with Gasteiger partial charge in [0.15, 0.2) is 23.2 Å². The van der Waals surface area contributed by atoms with E-state index in [2.05, 4.69) is 0 Å². The number of benzene rings is 1. The van der Waals surface area contributed by atoms with Crippen LogP contribution in [-0.2, 0) is 9.59 Å². The SMILES string of the molecule is O=C1CC(=O)N(c2ccc(F)c(F)c2F)C1. The average Bonchev–Trinajstić information content (AvgIpc) is 2.55. The lowest BCUT2D eigenvalue weighted by molar-refractivity contribution is -0.121. The van der Waals surface area contributed by atoms with Gasteiger partial charge in [-0.1, -0.05) is 0 Å². The van der Waals surface area contributed by atoms with Crippen molar-refractivity contribution in [1.29, 1.82) is 0 Å². The van der Waals surface area contributed by atoms with Crippen molar-refractivity contribution in [1.82, 2.24) is 0 Å². The first-order valence-corrected chi connectivity index (χ1v) is 4.46. The van der Waals surface area contributed by atoms with E-state index in [0.29, 0.717) is 6.07 Å². The van der Waals surface area contributed by atoms with Crippen LogP contribution in [0, 0.1) is 17.5 Å². The van der Waals surface area contributed by atoms with Gasteiger partial charge in [-0.05, 0) is 12.1 Å². The van der Waals surface area contributed by atoms with Gasteiger partial charge < -0.3 is 4.90 Å². The third-order valence-corrected chi connectivity index (χ3v) is 2.29. The van der Waals surface area contributed by atoms with Crippen molar-refractivity contribution < 1.29 is 22.8 Å². The third-order valence-electron chi connectivity index (χ3n) is 2.29. The van der Waals surface area contributed by atoms with Crippen LogP contribution in [-0.4, -0.2) is 18.2 Å². The fraction of sp³-hybridized carbons (Fsp3) is 0.200. The van der Waals surface area contributed by atoms with Crippen molar-refractivity contribution in [3.05, 3.63) is 29.6 Å². The molecule has 1 aliphatic heterocycles. The summed E-state index contributed by atoms with van der Waals surface area (Å²) in [4.78, 5) is 23.0. The van der Waals surface area contributed by atoms with E-state index in [-0.39, 0.29) is 18.7 Å². The Morgan fingerprint density at radius 3 is 2.31 bits per heavy atom. The number of ketones is 1. The number of hydrogen-bond acceptors (Lipinski definition) is 2. The molecule has 1 saturated heterocycles. The Balaban J connectivity index is 2.45. The minimum atomic E-state index is -1.65. The number of carbonyl (C=O) groups excluding carboxylic acids is 2. The van der Waals surface area contributed by atoms with Gasteiger partial charge in [0, 0.05) is 0 Å². The Morgan fingerprint density at radius 1 is 1.06 bits per heavy atom. The molecule has 1 heterocycles. The topological polar surface area (TPSA) is 37.4 Å². The van der Waals surface area contributed by atoms with Gasteiger partial charge in [0.1, 0.15) is 0 Å². The minimum Gasteiger partial charge on any atom is -0.302 e. The van der Waals surface area contributed by atoms with Gasteiger partial charge in [-0.15, -0.1) is 0 Å². The molecule has 0 saturated carbocycles. The number of carbonyl (C=O) groups is 2. The van der Waals surface area contributed by atoms with Gasteiger partial charge >= 0.3 is 0 Å². The molecule has 2 rings (SSSR count). The molecular weight excluding hydrogens is 223 g/mol. The van der Waals surface area contributed by atoms with Crippen molar-refractivity contribution in [2.45, 2.75) is 6.42 Å². The molecule has 3 nitrogen and oxygen atoms in total. The summed E-state index contributed by atoms with van der Waals surface area (Å²) in [5.41, 5.74) is -0.408. The van der Waals surface area contributed by atoms with Crippen molar-refractivity contribution in [2.24, 2.45) is 0 Å². The van der Waals surface area contributed by atoms with Crippen LogP contribution < -0.4 is 4.90 Å². The molecule has 84 valence electrons. The number of nitrogens with zero attached hydrogens (tertiary/aromatic N) is 1. The molecule has 0 aliphatic carbocycles. The van der Waals surface area contributed by atoms with Crippen molar-refractivity contribution in [3.63, 3.8) is 0 Å². The predicted octanol–water partition coefficient (Wildman–Crippen LogP) is 1.41. The fourth-order valence-electron chi connectivity index (χ4n) is 1.53. The second kappa shape index (κ2) is 3.62. The highest BCUT2D eigenvalue weighted by atomic mass is 19.2. The highest BCUT2D eigenvalue weighted by Crippen LogP contribution is 2.26. The van der Waals surface area contributed by atoms with Crippen LogP contribution >= 0.6 is 0 Å². The summed E-state index contributed by atoms with van der Waals surface area (Å²) in [6.07, 6.45) is -0.335. The first-order valence-electron chi connectivity index (χ1n) is 4.46. The van der Waals surface area contributed by atoms with Gasteiger partial charge in [0.25, 0.3) is 0 Å². The molecule has 0 radical (unpaired) electrons. The van der Waals surface area contributed by atoms with Crippen LogP contribution in [0.25, 0.3) is 0 Å². The zero-order valence-electron chi connectivity index (χ0n) is 7.97. The van der Waals surface area contributed by atoms with E-state index in [9.17, 15) is 22.8 Å². The number of halogens is 3. The van der Waals surface area contributed by atoms with Crippen LogP contribution in [0.15, 0.2) is 12.1 Å². The normalized spacial score (nSPS) is 16.1. The molecule has 1 aromatic carbocycles. The molecule has 1 aliphatic rings. The molecule has 0 aromatic heterocycles. The Hall–Kier alpha value is -1.85.